The van der Waals surface area contributed by atoms with Gasteiger partial charge in [0.1, 0.15) is 5.69 Å². The number of fused-ring (bicyclic) bond motifs is 1. The summed E-state index contributed by atoms with van der Waals surface area (Å²) in [6.07, 6.45) is -0.419. The molecule has 0 fully saturated rings. The Morgan fingerprint density at radius 3 is 2.73 bits per heavy atom. The zero-order chi connectivity index (χ0) is 11.0. The molecular formula is C9H10N2O4. The molecule has 0 saturated carbocycles. The van der Waals surface area contributed by atoms with Crippen LogP contribution in [-0.2, 0) is 13.0 Å². The summed E-state index contributed by atoms with van der Waals surface area (Å²) in [4.78, 5) is 25.3. The molecule has 0 atom stereocenters. The highest BCUT2D eigenvalue weighted by Gasteiger charge is 2.23. The normalized spacial score (nSPS) is 14.8. The number of carbonyl (C=O) groups is 2. The molecule has 6 heteroatoms. The fourth-order valence-electron chi connectivity index (χ4n) is 1.71. The summed E-state index contributed by atoms with van der Waals surface area (Å²) >= 11 is 0. The summed E-state index contributed by atoms with van der Waals surface area (Å²) in [7, 11) is 0. The Balaban J connectivity index is 2.26. The van der Waals surface area contributed by atoms with Gasteiger partial charge in [0.15, 0.2) is 0 Å². The first-order chi connectivity index (χ1) is 7.08. The van der Waals surface area contributed by atoms with Gasteiger partial charge in [0.2, 0.25) is 0 Å². The SMILES string of the molecule is O=C(O)c1cc2c([nH]1)CN(C(=O)O)CC2. The number of amides is 1. The van der Waals surface area contributed by atoms with Gasteiger partial charge in [-0.3, -0.25) is 0 Å². The van der Waals surface area contributed by atoms with Crippen molar-refractivity contribution in [3.05, 3.63) is 23.0 Å². The van der Waals surface area contributed by atoms with Crippen molar-refractivity contribution in [2.24, 2.45) is 0 Å². The standard InChI is InChI=1S/C9H10N2O4/c12-8(13)6-3-5-1-2-11(9(14)15)4-7(5)10-6/h3,10H,1-2,4H2,(H,12,13)(H,14,15). The van der Waals surface area contributed by atoms with E-state index in [0.717, 1.165) is 5.56 Å². The summed E-state index contributed by atoms with van der Waals surface area (Å²) < 4.78 is 0. The molecule has 0 aliphatic carbocycles. The molecular weight excluding hydrogens is 200 g/mol. The van der Waals surface area contributed by atoms with Gasteiger partial charge < -0.3 is 20.1 Å². The molecule has 0 saturated heterocycles. The number of hydrogen-bond acceptors (Lipinski definition) is 2. The Bertz CT molecular complexity index is 424. The maximum absolute atomic E-state index is 10.7. The first-order valence-electron chi connectivity index (χ1n) is 4.50. The number of aromatic amines is 1. The number of carboxylic acids is 1. The lowest BCUT2D eigenvalue weighted by molar-refractivity contribution is 0.0691. The summed E-state index contributed by atoms with van der Waals surface area (Å²) in [5.41, 5.74) is 1.69. The van der Waals surface area contributed by atoms with E-state index >= 15 is 0 Å². The predicted octanol–water partition coefficient (Wildman–Crippen LogP) is 0.749. The van der Waals surface area contributed by atoms with E-state index in [1.54, 1.807) is 6.07 Å². The van der Waals surface area contributed by atoms with Gasteiger partial charge in [0, 0.05) is 12.2 Å². The van der Waals surface area contributed by atoms with Crippen LogP contribution in [0.4, 0.5) is 4.79 Å². The number of aromatic nitrogens is 1. The zero-order valence-corrected chi connectivity index (χ0v) is 7.86. The van der Waals surface area contributed by atoms with Gasteiger partial charge in [-0.15, -0.1) is 0 Å². The van der Waals surface area contributed by atoms with Crippen molar-refractivity contribution >= 4 is 12.1 Å². The minimum absolute atomic E-state index is 0.118. The summed E-state index contributed by atoms with van der Waals surface area (Å²) in [5, 5.41) is 17.5. The van der Waals surface area contributed by atoms with E-state index in [9.17, 15) is 9.59 Å². The second-order valence-corrected chi connectivity index (χ2v) is 3.45. The van der Waals surface area contributed by atoms with Gasteiger partial charge in [-0.05, 0) is 18.1 Å². The van der Waals surface area contributed by atoms with E-state index in [4.69, 9.17) is 10.2 Å². The third kappa shape index (κ3) is 1.65. The molecule has 2 rings (SSSR count). The van der Waals surface area contributed by atoms with Crippen LogP contribution in [0, 0.1) is 0 Å². The maximum atomic E-state index is 10.7. The van der Waals surface area contributed by atoms with Gasteiger partial charge >= 0.3 is 12.1 Å². The second-order valence-electron chi connectivity index (χ2n) is 3.45. The largest absolute Gasteiger partial charge is 0.477 e. The molecule has 0 aromatic carbocycles. The molecule has 80 valence electrons. The lowest BCUT2D eigenvalue weighted by atomic mass is 10.1. The predicted molar refractivity (Wildman–Crippen MR) is 49.9 cm³/mol. The average molecular weight is 210 g/mol. The Morgan fingerprint density at radius 1 is 1.40 bits per heavy atom. The van der Waals surface area contributed by atoms with Crippen molar-refractivity contribution in [2.75, 3.05) is 6.54 Å². The van der Waals surface area contributed by atoms with Crippen molar-refractivity contribution in [1.29, 1.82) is 0 Å². The van der Waals surface area contributed by atoms with Crippen molar-refractivity contribution in [2.45, 2.75) is 13.0 Å². The smallest absolute Gasteiger partial charge is 0.407 e. The van der Waals surface area contributed by atoms with Crippen LogP contribution < -0.4 is 0 Å². The lowest BCUT2D eigenvalue weighted by Crippen LogP contribution is -2.34. The van der Waals surface area contributed by atoms with E-state index in [1.165, 1.54) is 4.90 Å². The molecule has 1 aromatic heterocycles. The molecule has 2 heterocycles. The van der Waals surface area contributed by atoms with Gasteiger partial charge in [-0.1, -0.05) is 0 Å². The molecule has 1 amide bonds. The van der Waals surface area contributed by atoms with Crippen molar-refractivity contribution in [3.8, 4) is 0 Å². The van der Waals surface area contributed by atoms with Gasteiger partial charge in [0.25, 0.3) is 0 Å². The number of nitrogens with one attached hydrogen (secondary N) is 1. The van der Waals surface area contributed by atoms with Gasteiger partial charge in [0.05, 0.1) is 6.54 Å². The van der Waals surface area contributed by atoms with Crippen LogP contribution in [0.1, 0.15) is 21.7 Å². The average Bonchev–Trinajstić information content (AvgIpc) is 2.59. The summed E-state index contributed by atoms with van der Waals surface area (Å²) in [6, 6.07) is 1.57. The van der Waals surface area contributed by atoms with Crippen LogP contribution in [0.25, 0.3) is 0 Å². The maximum Gasteiger partial charge on any atom is 0.407 e. The number of rotatable bonds is 1. The topological polar surface area (TPSA) is 93.6 Å². The Hall–Kier alpha value is -1.98. The van der Waals surface area contributed by atoms with Crippen LogP contribution >= 0.6 is 0 Å². The lowest BCUT2D eigenvalue weighted by Gasteiger charge is -2.23. The van der Waals surface area contributed by atoms with Crippen LogP contribution in [-0.4, -0.2) is 38.7 Å². The van der Waals surface area contributed by atoms with Gasteiger partial charge in [-0.2, -0.15) is 0 Å². The molecule has 0 spiro atoms. The fraction of sp³-hybridized carbons (Fsp3) is 0.333. The van der Waals surface area contributed by atoms with Gasteiger partial charge in [-0.25, -0.2) is 9.59 Å². The van der Waals surface area contributed by atoms with Crippen LogP contribution in [0.15, 0.2) is 6.07 Å². The number of carboxylic acid groups (broad SMARTS) is 2. The van der Waals surface area contributed by atoms with E-state index in [-0.39, 0.29) is 12.2 Å². The third-order valence-corrected chi connectivity index (χ3v) is 2.49. The minimum Gasteiger partial charge on any atom is -0.477 e. The molecule has 0 bridgehead atoms. The highest BCUT2D eigenvalue weighted by Crippen LogP contribution is 2.19. The van der Waals surface area contributed by atoms with Crippen molar-refractivity contribution < 1.29 is 19.8 Å². The highest BCUT2D eigenvalue weighted by atomic mass is 16.4. The van der Waals surface area contributed by atoms with Crippen LogP contribution in [0.3, 0.4) is 0 Å². The highest BCUT2D eigenvalue weighted by molar-refractivity contribution is 5.86. The quantitative estimate of drug-likeness (QED) is 0.637. The molecule has 6 nitrogen and oxygen atoms in total. The number of H-pyrrole nitrogens is 1. The van der Waals surface area contributed by atoms with Crippen LogP contribution in [0.5, 0.6) is 0 Å². The first kappa shape index (κ1) is 9.57. The summed E-state index contributed by atoms with van der Waals surface area (Å²) in [6.45, 7) is 0.650. The number of aromatic carboxylic acids is 1. The van der Waals surface area contributed by atoms with Crippen molar-refractivity contribution in [1.82, 2.24) is 9.88 Å². The second kappa shape index (κ2) is 3.30. The first-order valence-corrected chi connectivity index (χ1v) is 4.50. The van der Waals surface area contributed by atoms with E-state index in [0.29, 0.717) is 18.7 Å². The molecule has 0 unspecified atom stereocenters. The molecule has 1 aromatic rings. The van der Waals surface area contributed by atoms with Crippen molar-refractivity contribution in [3.63, 3.8) is 0 Å². The molecule has 1 aliphatic heterocycles. The summed E-state index contributed by atoms with van der Waals surface area (Å²) in [5.74, 6) is -1.02. The number of nitrogens with zero attached hydrogens (tertiary/aromatic N) is 1. The molecule has 3 N–H and O–H groups in total. The van der Waals surface area contributed by atoms with E-state index in [2.05, 4.69) is 4.98 Å². The zero-order valence-electron chi connectivity index (χ0n) is 7.86. The Labute approximate surface area is 85.1 Å². The number of hydrogen-bond donors (Lipinski definition) is 3. The minimum atomic E-state index is -1.02. The monoisotopic (exact) mass is 210 g/mol. The van der Waals surface area contributed by atoms with E-state index in [1.807, 2.05) is 0 Å². The Kier molecular flexibility index (Phi) is 2.11. The molecule has 0 radical (unpaired) electrons. The third-order valence-electron chi connectivity index (χ3n) is 2.49. The van der Waals surface area contributed by atoms with Crippen LogP contribution in [0.2, 0.25) is 0 Å². The molecule has 1 aliphatic rings. The van der Waals surface area contributed by atoms with E-state index < -0.39 is 12.1 Å². The fourth-order valence-corrected chi connectivity index (χ4v) is 1.71. The molecule has 15 heavy (non-hydrogen) atoms. The Morgan fingerprint density at radius 2 is 2.13 bits per heavy atom.